The van der Waals surface area contributed by atoms with Crippen molar-refractivity contribution >= 4 is 40.6 Å². The van der Waals surface area contributed by atoms with Crippen molar-refractivity contribution in [1.29, 1.82) is 0 Å². The second-order valence-electron chi connectivity index (χ2n) is 5.16. The van der Waals surface area contributed by atoms with Crippen LogP contribution in [0.15, 0.2) is 30.3 Å². The summed E-state index contributed by atoms with van der Waals surface area (Å²) >= 11 is 11.3. The zero-order chi connectivity index (χ0) is 20.6. The highest BCUT2D eigenvalue weighted by molar-refractivity contribution is 6.37. The van der Waals surface area contributed by atoms with Gasteiger partial charge < -0.3 is 15.7 Å². The first-order valence-electron chi connectivity index (χ1n) is 6.83. The molecule has 0 aromatic heterocycles. The molecule has 0 heterocycles. The fraction of sp³-hybridized carbons (Fsp3) is 0.133. The minimum atomic E-state index is -5.05. The molecule has 0 atom stereocenters. The molecule has 0 aliphatic heterocycles. The number of nitrogens with one attached hydrogen (secondary N) is 2. The third-order valence-corrected chi connectivity index (χ3v) is 3.70. The Hall–Kier alpha value is -2.33. The molecule has 146 valence electrons. The minimum Gasteiger partial charge on any atom is -0.505 e. The predicted octanol–water partition coefficient (Wildman–Crippen LogP) is 6.38. The Morgan fingerprint density at radius 1 is 0.778 bits per heavy atom. The molecular formula is C15H8Cl2F6N2O2. The molecule has 27 heavy (non-hydrogen) atoms. The summed E-state index contributed by atoms with van der Waals surface area (Å²) in [4.78, 5) is 11.9. The third-order valence-electron chi connectivity index (χ3n) is 3.12. The van der Waals surface area contributed by atoms with E-state index >= 15 is 0 Å². The monoisotopic (exact) mass is 432 g/mol. The van der Waals surface area contributed by atoms with Gasteiger partial charge in [0.25, 0.3) is 0 Å². The van der Waals surface area contributed by atoms with Crippen LogP contribution in [0.1, 0.15) is 11.1 Å². The number of hydrogen-bond acceptors (Lipinski definition) is 2. The van der Waals surface area contributed by atoms with E-state index in [2.05, 4.69) is 5.32 Å². The van der Waals surface area contributed by atoms with Gasteiger partial charge in [-0.25, -0.2) is 4.79 Å². The number of anilines is 2. The molecule has 0 fully saturated rings. The number of amides is 2. The number of phenolic OH excluding ortho intramolecular Hbond substituents is 1. The molecule has 2 aromatic rings. The van der Waals surface area contributed by atoms with Crippen molar-refractivity contribution in [3.63, 3.8) is 0 Å². The molecule has 0 radical (unpaired) electrons. The van der Waals surface area contributed by atoms with Crippen molar-refractivity contribution in [3.8, 4) is 5.75 Å². The van der Waals surface area contributed by atoms with Crippen LogP contribution in [0.25, 0.3) is 0 Å². The molecule has 0 aliphatic rings. The van der Waals surface area contributed by atoms with Crippen LogP contribution in [0.5, 0.6) is 5.75 Å². The van der Waals surface area contributed by atoms with E-state index < -0.39 is 40.9 Å². The van der Waals surface area contributed by atoms with E-state index in [1.807, 2.05) is 5.32 Å². The quantitative estimate of drug-likeness (QED) is 0.380. The molecule has 0 spiro atoms. The van der Waals surface area contributed by atoms with Gasteiger partial charge in [-0.2, -0.15) is 26.3 Å². The number of hydrogen-bond donors (Lipinski definition) is 3. The molecule has 2 rings (SSSR count). The number of carbonyl (C=O) groups excluding carboxylic acids is 1. The summed E-state index contributed by atoms with van der Waals surface area (Å²) in [6.45, 7) is 0. The first-order chi connectivity index (χ1) is 12.3. The normalized spacial score (nSPS) is 12.0. The zero-order valence-electron chi connectivity index (χ0n) is 12.8. The van der Waals surface area contributed by atoms with Gasteiger partial charge in [0, 0.05) is 11.4 Å². The molecule has 12 heteroatoms. The topological polar surface area (TPSA) is 61.4 Å². The third kappa shape index (κ3) is 5.33. The number of phenols is 1. The summed E-state index contributed by atoms with van der Waals surface area (Å²) in [6, 6.07) is 1.64. The Kier molecular flexibility index (Phi) is 5.71. The van der Waals surface area contributed by atoms with Gasteiger partial charge in [0.1, 0.15) is 0 Å². The van der Waals surface area contributed by atoms with E-state index in [9.17, 15) is 36.2 Å². The molecule has 0 bridgehead atoms. The number of halogens is 8. The second-order valence-corrected chi connectivity index (χ2v) is 5.98. The minimum absolute atomic E-state index is 0.0525. The van der Waals surface area contributed by atoms with Gasteiger partial charge in [0.2, 0.25) is 0 Å². The highest BCUT2D eigenvalue weighted by Gasteiger charge is 2.37. The van der Waals surface area contributed by atoms with Gasteiger partial charge in [-0.3, -0.25) is 0 Å². The van der Waals surface area contributed by atoms with Crippen LogP contribution >= 0.6 is 23.2 Å². The Morgan fingerprint density at radius 3 is 1.52 bits per heavy atom. The van der Waals surface area contributed by atoms with E-state index in [0.717, 1.165) is 12.1 Å². The van der Waals surface area contributed by atoms with Crippen LogP contribution < -0.4 is 10.6 Å². The maximum atomic E-state index is 12.8. The zero-order valence-corrected chi connectivity index (χ0v) is 14.3. The smallest absolute Gasteiger partial charge is 0.416 e. The Balaban J connectivity index is 2.29. The number of benzene rings is 2. The van der Waals surface area contributed by atoms with Crippen LogP contribution in [0, 0.1) is 0 Å². The van der Waals surface area contributed by atoms with Gasteiger partial charge in [-0.05, 0) is 30.3 Å². The summed E-state index contributed by atoms with van der Waals surface area (Å²) in [5, 5.41) is 13.0. The number of rotatable bonds is 2. The standard InChI is InChI=1S/C15H8Cl2F6N2O2/c16-10-4-9(5-11(17)12(10)26)25-13(27)24-8-2-6(14(18,19)20)1-7(3-8)15(21,22)23/h1-5,26H,(H2,24,25,27). The van der Waals surface area contributed by atoms with Crippen molar-refractivity contribution in [1.82, 2.24) is 0 Å². The Labute approximate surface area is 157 Å². The first-order valence-corrected chi connectivity index (χ1v) is 7.58. The molecule has 0 aliphatic carbocycles. The van der Waals surface area contributed by atoms with E-state index in [4.69, 9.17) is 23.2 Å². The fourth-order valence-electron chi connectivity index (χ4n) is 1.96. The fourth-order valence-corrected chi connectivity index (χ4v) is 2.45. The van der Waals surface area contributed by atoms with Crippen molar-refractivity contribution in [2.75, 3.05) is 10.6 Å². The lowest BCUT2D eigenvalue weighted by molar-refractivity contribution is -0.143. The maximum Gasteiger partial charge on any atom is 0.416 e. The van der Waals surface area contributed by atoms with Crippen LogP contribution in [0.3, 0.4) is 0 Å². The van der Waals surface area contributed by atoms with Crippen molar-refractivity contribution in [2.24, 2.45) is 0 Å². The van der Waals surface area contributed by atoms with Gasteiger partial charge in [0.15, 0.2) is 5.75 Å². The van der Waals surface area contributed by atoms with Gasteiger partial charge in [-0.15, -0.1) is 0 Å². The van der Waals surface area contributed by atoms with E-state index in [-0.39, 0.29) is 21.8 Å². The van der Waals surface area contributed by atoms with Crippen molar-refractivity contribution in [3.05, 3.63) is 51.5 Å². The van der Waals surface area contributed by atoms with E-state index in [0.29, 0.717) is 12.1 Å². The first kappa shape index (κ1) is 21.0. The van der Waals surface area contributed by atoms with Crippen molar-refractivity contribution < 1.29 is 36.2 Å². The van der Waals surface area contributed by atoms with Crippen LogP contribution in [-0.4, -0.2) is 11.1 Å². The summed E-state index contributed by atoms with van der Waals surface area (Å²) in [5.41, 5.74) is -3.94. The lowest BCUT2D eigenvalue weighted by Crippen LogP contribution is -2.20. The average molecular weight is 433 g/mol. The SMILES string of the molecule is O=C(Nc1cc(C(F)(F)F)cc(C(F)(F)F)c1)Nc1cc(Cl)c(O)c(Cl)c1. The summed E-state index contributed by atoms with van der Waals surface area (Å²) in [6.07, 6.45) is -10.1. The molecule has 0 saturated carbocycles. The lowest BCUT2D eigenvalue weighted by Gasteiger charge is -2.15. The number of urea groups is 1. The molecule has 4 nitrogen and oxygen atoms in total. The lowest BCUT2D eigenvalue weighted by atomic mass is 10.1. The second kappa shape index (κ2) is 7.35. The number of alkyl halides is 6. The molecule has 0 unspecified atom stereocenters. The molecule has 2 amide bonds. The van der Waals surface area contributed by atoms with Gasteiger partial charge in [0.05, 0.1) is 21.2 Å². The number of carbonyl (C=O) groups is 1. The summed E-state index contributed by atoms with van der Waals surface area (Å²) in [5.74, 6) is -0.461. The number of aromatic hydroxyl groups is 1. The molecule has 0 saturated heterocycles. The predicted molar refractivity (Wildman–Crippen MR) is 87.2 cm³/mol. The van der Waals surface area contributed by atoms with Gasteiger partial charge in [-0.1, -0.05) is 23.2 Å². The average Bonchev–Trinajstić information content (AvgIpc) is 2.50. The van der Waals surface area contributed by atoms with E-state index in [1.54, 1.807) is 0 Å². The van der Waals surface area contributed by atoms with E-state index in [1.165, 1.54) is 0 Å². The van der Waals surface area contributed by atoms with Crippen molar-refractivity contribution in [2.45, 2.75) is 12.4 Å². The Morgan fingerprint density at radius 2 is 1.15 bits per heavy atom. The Bertz CT molecular complexity index is 828. The van der Waals surface area contributed by atoms with Crippen LogP contribution in [0.4, 0.5) is 42.5 Å². The summed E-state index contributed by atoms with van der Waals surface area (Å²) in [7, 11) is 0. The van der Waals surface area contributed by atoms with Crippen LogP contribution in [-0.2, 0) is 12.4 Å². The molecule has 2 aromatic carbocycles. The largest absolute Gasteiger partial charge is 0.505 e. The summed E-state index contributed by atoms with van der Waals surface area (Å²) < 4.78 is 76.8. The highest BCUT2D eigenvalue weighted by atomic mass is 35.5. The molecular weight excluding hydrogens is 425 g/mol. The highest BCUT2D eigenvalue weighted by Crippen LogP contribution is 2.38. The van der Waals surface area contributed by atoms with Crippen LogP contribution in [0.2, 0.25) is 10.0 Å². The maximum absolute atomic E-state index is 12.8. The molecule has 3 N–H and O–H groups in total. The van der Waals surface area contributed by atoms with Gasteiger partial charge >= 0.3 is 18.4 Å².